The SMILES string of the molecule is O=C(CC1CC(=O)NC(SCC(=O)Nc2ccc(Cl)c(Cl)c2)N1)NCCc1ccccc1. The Labute approximate surface area is 201 Å². The number of hydrogen-bond acceptors (Lipinski definition) is 5. The molecule has 1 heterocycles. The molecule has 0 spiro atoms. The van der Waals surface area contributed by atoms with Gasteiger partial charge in [-0.25, -0.2) is 0 Å². The van der Waals surface area contributed by atoms with Gasteiger partial charge >= 0.3 is 0 Å². The highest BCUT2D eigenvalue weighted by Gasteiger charge is 2.28. The molecular formula is C22H24Cl2N4O3S. The summed E-state index contributed by atoms with van der Waals surface area (Å²) in [6, 6.07) is 14.4. The van der Waals surface area contributed by atoms with Gasteiger partial charge in [-0.3, -0.25) is 19.7 Å². The molecule has 2 aromatic rings. The van der Waals surface area contributed by atoms with Crippen LogP contribution in [0.3, 0.4) is 0 Å². The molecule has 1 aliphatic heterocycles. The molecule has 4 N–H and O–H groups in total. The third kappa shape index (κ3) is 8.02. The normalized spacial score (nSPS) is 18.0. The fourth-order valence-corrected chi connectivity index (χ4v) is 4.37. The van der Waals surface area contributed by atoms with E-state index in [1.165, 1.54) is 11.8 Å². The van der Waals surface area contributed by atoms with Crippen LogP contribution in [0.2, 0.25) is 10.0 Å². The number of anilines is 1. The number of halogens is 2. The van der Waals surface area contributed by atoms with Crippen LogP contribution in [0.1, 0.15) is 18.4 Å². The van der Waals surface area contributed by atoms with Crippen LogP contribution in [0.25, 0.3) is 0 Å². The molecular weight excluding hydrogens is 471 g/mol. The van der Waals surface area contributed by atoms with Gasteiger partial charge in [0.1, 0.15) is 5.50 Å². The van der Waals surface area contributed by atoms with Gasteiger partial charge in [0, 0.05) is 31.1 Å². The van der Waals surface area contributed by atoms with Gasteiger partial charge in [0.2, 0.25) is 17.7 Å². The van der Waals surface area contributed by atoms with Crippen molar-refractivity contribution in [3.8, 4) is 0 Å². The number of benzene rings is 2. The molecule has 0 bridgehead atoms. The lowest BCUT2D eigenvalue weighted by Gasteiger charge is -2.30. The summed E-state index contributed by atoms with van der Waals surface area (Å²) < 4.78 is 0. The second-order valence-corrected chi connectivity index (χ2v) is 9.20. The lowest BCUT2D eigenvalue weighted by Crippen LogP contribution is -2.56. The summed E-state index contributed by atoms with van der Waals surface area (Å²) in [5, 5.41) is 12.4. The van der Waals surface area contributed by atoms with Crippen molar-refractivity contribution in [2.24, 2.45) is 0 Å². The molecule has 0 radical (unpaired) electrons. The minimum atomic E-state index is -0.460. The molecule has 0 saturated carbocycles. The van der Waals surface area contributed by atoms with Crippen molar-refractivity contribution in [2.75, 3.05) is 17.6 Å². The van der Waals surface area contributed by atoms with Crippen LogP contribution in [-0.2, 0) is 20.8 Å². The van der Waals surface area contributed by atoms with Gasteiger partial charge in [-0.1, -0.05) is 53.5 Å². The molecule has 32 heavy (non-hydrogen) atoms. The molecule has 1 saturated heterocycles. The Morgan fingerprint density at radius 3 is 2.59 bits per heavy atom. The van der Waals surface area contributed by atoms with E-state index < -0.39 is 5.50 Å². The quantitative estimate of drug-likeness (QED) is 0.429. The van der Waals surface area contributed by atoms with Crippen LogP contribution >= 0.6 is 35.0 Å². The van der Waals surface area contributed by atoms with E-state index in [4.69, 9.17) is 23.2 Å². The molecule has 1 fully saturated rings. The van der Waals surface area contributed by atoms with Crippen molar-refractivity contribution in [1.82, 2.24) is 16.0 Å². The first-order valence-corrected chi connectivity index (χ1v) is 11.9. The fraction of sp³-hybridized carbons (Fsp3) is 0.318. The third-order valence-electron chi connectivity index (χ3n) is 4.71. The van der Waals surface area contributed by atoms with E-state index in [-0.39, 0.29) is 42.4 Å². The first-order valence-electron chi connectivity index (χ1n) is 10.1. The minimum absolute atomic E-state index is 0.105. The molecule has 2 aromatic carbocycles. The largest absolute Gasteiger partial charge is 0.356 e. The zero-order valence-corrected chi connectivity index (χ0v) is 19.5. The Morgan fingerprint density at radius 1 is 1.06 bits per heavy atom. The van der Waals surface area contributed by atoms with Crippen molar-refractivity contribution in [3.05, 3.63) is 64.1 Å². The van der Waals surface area contributed by atoms with Gasteiger partial charge in [0.25, 0.3) is 0 Å². The zero-order valence-electron chi connectivity index (χ0n) is 17.2. The lowest BCUT2D eigenvalue weighted by molar-refractivity contribution is -0.125. The maximum atomic E-state index is 12.3. The highest BCUT2D eigenvalue weighted by molar-refractivity contribution is 8.00. The Balaban J connectivity index is 1.40. The van der Waals surface area contributed by atoms with E-state index in [1.807, 2.05) is 30.3 Å². The van der Waals surface area contributed by atoms with E-state index in [9.17, 15) is 14.4 Å². The molecule has 7 nitrogen and oxygen atoms in total. The Bertz CT molecular complexity index is 961. The summed E-state index contributed by atoms with van der Waals surface area (Å²) in [5.74, 6) is -0.415. The van der Waals surface area contributed by atoms with E-state index in [0.29, 0.717) is 22.3 Å². The standard InChI is InChI=1S/C22H24Cl2N4O3S/c23-17-7-6-15(10-18(17)24)26-21(31)13-32-22-27-16(12-20(30)28-22)11-19(29)25-9-8-14-4-2-1-3-5-14/h1-7,10,16,22,27H,8-9,11-13H2,(H,25,29)(H,26,31)(H,28,30). The predicted molar refractivity (Wildman–Crippen MR) is 129 cm³/mol. The van der Waals surface area contributed by atoms with Crippen molar-refractivity contribution < 1.29 is 14.4 Å². The van der Waals surface area contributed by atoms with E-state index in [0.717, 1.165) is 12.0 Å². The van der Waals surface area contributed by atoms with Crippen LogP contribution in [0.4, 0.5) is 5.69 Å². The number of amides is 3. The molecule has 3 amide bonds. The Morgan fingerprint density at radius 2 is 1.84 bits per heavy atom. The number of nitrogens with one attached hydrogen (secondary N) is 4. The Hall–Kier alpha value is -2.26. The van der Waals surface area contributed by atoms with E-state index in [1.54, 1.807) is 18.2 Å². The maximum Gasteiger partial charge on any atom is 0.234 e. The highest BCUT2D eigenvalue weighted by atomic mass is 35.5. The third-order valence-corrected chi connectivity index (χ3v) is 6.46. The highest BCUT2D eigenvalue weighted by Crippen LogP contribution is 2.25. The topological polar surface area (TPSA) is 99.3 Å². The average molecular weight is 495 g/mol. The maximum absolute atomic E-state index is 12.3. The van der Waals surface area contributed by atoms with Gasteiger partial charge in [0.05, 0.1) is 15.8 Å². The lowest BCUT2D eigenvalue weighted by atomic mass is 10.1. The van der Waals surface area contributed by atoms with Crippen LogP contribution in [0, 0.1) is 0 Å². The smallest absolute Gasteiger partial charge is 0.234 e. The molecule has 3 rings (SSSR count). The first kappa shape index (κ1) is 24.4. The van der Waals surface area contributed by atoms with Gasteiger partial charge in [-0.05, 0) is 30.2 Å². The van der Waals surface area contributed by atoms with E-state index in [2.05, 4.69) is 21.3 Å². The molecule has 170 valence electrons. The summed E-state index contributed by atoms with van der Waals surface area (Å²) in [4.78, 5) is 36.5. The van der Waals surface area contributed by atoms with Crippen molar-refractivity contribution in [1.29, 1.82) is 0 Å². The summed E-state index contributed by atoms with van der Waals surface area (Å²) in [6.45, 7) is 0.537. The minimum Gasteiger partial charge on any atom is -0.356 e. The number of thioether (sulfide) groups is 1. The van der Waals surface area contributed by atoms with Crippen molar-refractivity contribution in [3.63, 3.8) is 0 Å². The fourth-order valence-electron chi connectivity index (χ4n) is 3.18. The second kappa shape index (κ2) is 12.1. The summed E-state index contributed by atoms with van der Waals surface area (Å²) in [5.41, 5.74) is 1.23. The number of hydrogen-bond donors (Lipinski definition) is 4. The molecule has 10 heteroatoms. The number of carbonyl (C=O) groups is 3. The monoisotopic (exact) mass is 494 g/mol. The summed E-state index contributed by atoms with van der Waals surface area (Å²) in [7, 11) is 0. The van der Waals surface area contributed by atoms with Gasteiger partial charge < -0.3 is 16.0 Å². The molecule has 0 aromatic heterocycles. The van der Waals surface area contributed by atoms with Crippen LogP contribution in [-0.4, -0.2) is 41.6 Å². The van der Waals surface area contributed by atoms with Gasteiger partial charge in [-0.15, -0.1) is 11.8 Å². The van der Waals surface area contributed by atoms with Crippen LogP contribution < -0.4 is 21.3 Å². The van der Waals surface area contributed by atoms with Crippen molar-refractivity contribution in [2.45, 2.75) is 30.8 Å². The first-order chi connectivity index (χ1) is 15.4. The average Bonchev–Trinajstić information content (AvgIpc) is 2.75. The Kier molecular flexibility index (Phi) is 9.23. The number of rotatable bonds is 9. The van der Waals surface area contributed by atoms with Gasteiger partial charge in [-0.2, -0.15) is 0 Å². The predicted octanol–water partition coefficient (Wildman–Crippen LogP) is 3.18. The molecule has 0 aliphatic carbocycles. The van der Waals surface area contributed by atoms with Crippen LogP contribution in [0.5, 0.6) is 0 Å². The second-order valence-electron chi connectivity index (χ2n) is 7.29. The number of carbonyl (C=O) groups excluding carboxylic acids is 3. The zero-order chi connectivity index (χ0) is 22.9. The van der Waals surface area contributed by atoms with Crippen molar-refractivity contribution >= 4 is 58.4 Å². The summed E-state index contributed by atoms with van der Waals surface area (Å²) in [6.07, 6.45) is 1.14. The molecule has 1 aliphatic rings. The summed E-state index contributed by atoms with van der Waals surface area (Å²) >= 11 is 13.1. The van der Waals surface area contributed by atoms with E-state index >= 15 is 0 Å². The van der Waals surface area contributed by atoms with Gasteiger partial charge in [0.15, 0.2) is 0 Å². The van der Waals surface area contributed by atoms with Crippen LogP contribution in [0.15, 0.2) is 48.5 Å². The molecule has 2 atom stereocenters. The molecule has 2 unspecified atom stereocenters.